The van der Waals surface area contributed by atoms with Crippen molar-refractivity contribution in [2.45, 2.75) is 6.54 Å². The molecule has 1 heterocycles. The van der Waals surface area contributed by atoms with Crippen molar-refractivity contribution in [3.05, 3.63) is 46.4 Å². The molecule has 0 aliphatic carbocycles. The quantitative estimate of drug-likeness (QED) is 0.761. The van der Waals surface area contributed by atoms with E-state index in [-0.39, 0.29) is 5.76 Å². The summed E-state index contributed by atoms with van der Waals surface area (Å²) in [6, 6.07) is 7.28. The van der Waals surface area contributed by atoms with Crippen LogP contribution < -0.4 is 5.76 Å². The van der Waals surface area contributed by atoms with Gasteiger partial charge >= 0.3 is 5.76 Å². The Kier molecular flexibility index (Phi) is 2.41. The SMILES string of the molecule is O=c1oc2ccccc2n1C/C=C/Cl. The summed E-state index contributed by atoms with van der Waals surface area (Å²) in [5.74, 6) is -0.360. The molecule has 0 aliphatic heterocycles. The number of benzene rings is 1. The number of rotatable bonds is 2. The maximum atomic E-state index is 11.4. The lowest BCUT2D eigenvalue weighted by molar-refractivity contribution is 0.520. The van der Waals surface area contributed by atoms with E-state index in [1.165, 1.54) is 10.1 Å². The molecular weight excluding hydrogens is 202 g/mol. The monoisotopic (exact) mass is 209 g/mol. The minimum absolute atomic E-state index is 0.360. The van der Waals surface area contributed by atoms with Gasteiger partial charge in [0.05, 0.1) is 5.52 Å². The van der Waals surface area contributed by atoms with E-state index in [0.717, 1.165) is 5.52 Å². The van der Waals surface area contributed by atoms with Crippen molar-refractivity contribution in [1.29, 1.82) is 0 Å². The molecule has 0 bridgehead atoms. The summed E-state index contributed by atoms with van der Waals surface area (Å²) in [4.78, 5) is 11.4. The van der Waals surface area contributed by atoms with Crippen molar-refractivity contribution in [2.24, 2.45) is 0 Å². The van der Waals surface area contributed by atoms with Crippen molar-refractivity contribution in [1.82, 2.24) is 4.57 Å². The van der Waals surface area contributed by atoms with Gasteiger partial charge in [-0.15, -0.1) is 0 Å². The highest BCUT2D eigenvalue weighted by atomic mass is 35.5. The van der Waals surface area contributed by atoms with Crippen LogP contribution in [-0.4, -0.2) is 4.57 Å². The van der Waals surface area contributed by atoms with Crippen molar-refractivity contribution >= 4 is 22.7 Å². The van der Waals surface area contributed by atoms with Crippen LogP contribution in [0.3, 0.4) is 0 Å². The number of allylic oxidation sites excluding steroid dienone is 1. The number of para-hydroxylation sites is 2. The first-order valence-corrected chi connectivity index (χ1v) is 4.60. The van der Waals surface area contributed by atoms with Crippen LogP contribution in [0.5, 0.6) is 0 Å². The predicted molar refractivity (Wildman–Crippen MR) is 55.5 cm³/mol. The minimum atomic E-state index is -0.360. The summed E-state index contributed by atoms with van der Waals surface area (Å²) in [6.45, 7) is 0.430. The lowest BCUT2D eigenvalue weighted by Crippen LogP contribution is -2.12. The van der Waals surface area contributed by atoms with Crippen LogP contribution in [0, 0.1) is 0 Å². The van der Waals surface area contributed by atoms with Gasteiger partial charge in [-0.25, -0.2) is 4.79 Å². The Morgan fingerprint density at radius 2 is 2.21 bits per heavy atom. The van der Waals surface area contributed by atoms with Crippen LogP contribution in [0.4, 0.5) is 0 Å². The van der Waals surface area contributed by atoms with Gasteiger partial charge in [0.1, 0.15) is 0 Å². The van der Waals surface area contributed by atoms with Crippen LogP contribution >= 0.6 is 11.6 Å². The van der Waals surface area contributed by atoms with Gasteiger partial charge in [0.25, 0.3) is 0 Å². The van der Waals surface area contributed by atoms with Crippen molar-refractivity contribution < 1.29 is 4.42 Å². The summed E-state index contributed by atoms with van der Waals surface area (Å²) in [7, 11) is 0. The third kappa shape index (κ3) is 1.46. The Morgan fingerprint density at radius 1 is 1.43 bits per heavy atom. The Hall–Kier alpha value is -1.48. The standard InChI is InChI=1S/C10H8ClNO2/c11-6-3-7-12-8-4-1-2-5-9(8)14-10(12)13/h1-6H,7H2/b6-3+. The zero-order valence-corrected chi connectivity index (χ0v) is 8.07. The molecule has 1 aromatic heterocycles. The molecule has 0 unspecified atom stereocenters. The smallest absolute Gasteiger partial charge is 0.408 e. The molecule has 0 N–H and O–H groups in total. The van der Waals surface area contributed by atoms with Gasteiger partial charge in [-0.3, -0.25) is 4.57 Å². The van der Waals surface area contributed by atoms with Crippen molar-refractivity contribution in [3.8, 4) is 0 Å². The van der Waals surface area contributed by atoms with Gasteiger partial charge in [-0.2, -0.15) is 0 Å². The van der Waals surface area contributed by atoms with Crippen LogP contribution in [0.15, 0.2) is 45.1 Å². The highest BCUT2D eigenvalue weighted by molar-refractivity contribution is 6.25. The first-order valence-electron chi connectivity index (χ1n) is 4.16. The van der Waals surface area contributed by atoms with E-state index in [0.29, 0.717) is 12.1 Å². The maximum Gasteiger partial charge on any atom is 0.420 e. The van der Waals surface area contributed by atoms with E-state index in [9.17, 15) is 4.79 Å². The lowest BCUT2D eigenvalue weighted by Gasteiger charge is -1.94. The van der Waals surface area contributed by atoms with Gasteiger partial charge in [-0.05, 0) is 12.1 Å². The normalized spacial score (nSPS) is 11.5. The molecule has 3 nitrogen and oxygen atoms in total. The fourth-order valence-corrected chi connectivity index (χ4v) is 1.41. The molecule has 1 aromatic carbocycles. The van der Waals surface area contributed by atoms with Crippen molar-refractivity contribution in [3.63, 3.8) is 0 Å². The highest BCUT2D eigenvalue weighted by Gasteiger charge is 2.05. The number of hydrogen-bond acceptors (Lipinski definition) is 2. The van der Waals surface area contributed by atoms with Crippen LogP contribution in [0.2, 0.25) is 0 Å². The van der Waals surface area contributed by atoms with Crippen LogP contribution in [-0.2, 0) is 6.54 Å². The van der Waals surface area contributed by atoms with Crippen molar-refractivity contribution in [2.75, 3.05) is 0 Å². The summed E-state index contributed by atoms with van der Waals surface area (Å²) >= 11 is 5.40. The molecule has 0 spiro atoms. The molecule has 0 saturated carbocycles. The van der Waals surface area contributed by atoms with Crippen LogP contribution in [0.1, 0.15) is 0 Å². The second-order valence-corrected chi connectivity index (χ2v) is 3.06. The number of hydrogen-bond donors (Lipinski definition) is 0. The Balaban J connectivity index is 2.62. The Morgan fingerprint density at radius 3 is 3.00 bits per heavy atom. The van der Waals surface area contributed by atoms with E-state index in [1.807, 2.05) is 18.2 Å². The lowest BCUT2D eigenvalue weighted by atomic mass is 10.3. The number of aromatic nitrogens is 1. The largest absolute Gasteiger partial charge is 0.420 e. The van der Waals surface area contributed by atoms with E-state index in [2.05, 4.69) is 0 Å². The first kappa shape index (κ1) is 9.09. The zero-order chi connectivity index (χ0) is 9.97. The second kappa shape index (κ2) is 3.72. The number of halogens is 1. The zero-order valence-electron chi connectivity index (χ0n) is 7.31. The molecule has 0 radical (unpaired) electrons. The van der Waals surface area contributed by atoms with Gasteiger partial charge in [0.2, 0.25) is 0 Å². The second-order valence-electron chi connectivity index (χ2n) is 2.81. The fourth-order valence-electron chi connectivity index (χ4n) is 1.33. The van der Waals surface area contributed by atoms with E-state index < -0.39 is 0 Å². The van der Waals surface area contributed by atoms with E-state index in [1.54, 1.807) is 12.1 Å². The molecule has 4 heteroatoms. The molecule has 2 aromatic rings. The van der Waals surface area contributed by atoms with Gasteiger partial charge in [0.15, 0.2) is 5.58 Å². The molecule has 2 rings (SSSR count). The molecule has 0 fully saturated rings. The summed E-state index contributed by atoms with van der Waals surface area (Å²) in [6.07, 6.45) is 1.69. The molecule has 0 atom stereocenters. The third-order valence-electron chi connectivity index (χ3n) is 1.95. The first-order chi connectivity index (χ1) is 6.83. The number of oxazole rings is 1. The summed E-state index contributed by atoms with van der Waals surface area (Å²) in [5.41, 5.74) is 2.77. The average Bonchev–Trinajstić information content (AvgIpc) is 2.51. The predicted octanol–water partition coefficient (Wildman–Crippen LogP) is 2.35. The maximum absolute atomic E-state index is 11.4. The van der Waals surface area contributed by atoms with Gasteiger partial charge in [-0.1, -0.05) is 29.8 Å². The number of nitrogens with zero attached hydrogens (tertiary/aromatic N) is 1. The van der Waals surface area contributed by atoms with Gasteiger partial charge < -0.3 is 4.42 Å². The molecule has 0 amide bonds. The Labute approximate surface area is 85.2 Å². The van der Waals surface area contributed by atoms with Crippen LogP contribution in [0.25, 0.3) is 11.1 Å². The van der Waals surface area contributed by atoms with Gasteiger partial charge in [0, 0.05) is 12.1 Å². The minimum Gasteiger partial charge on any atom is -0.408 e. The van der Waals surface area contributed by atoms with E-state index >= 15 is 0 Å². The highest BCUT2D eigenvalue weighted by Crippen LogP contribution is 2.11. The molecule has 72 valence electrons. The summed E-state index contributed by atoms with van der Waals surface area (Å²) < 4.78 is 6.55. The van der Waals surface area contributed by atoms with E-state index in [4.69, 9.17) is 16.0 Å². The Bertz CT molecular complexity index is 524. The number of fused-ring (bicyclic) bond motifs is 1. The molecule has 14 heavy (non-hydrogen) atoms. The fraction of sp³-hybridized carbons (Fsp3) is 0.100. The molecule has 0 aliphatic rings. The topological polar surface area (TPSA) is 35.1 Å². The third-order valence-corrected chi connectivity index (χ3v) is 2.13. The summed E-state index contributed by atoms with van der Waals surface area (Å²) in [5, 5.41) is 0. The average molecular weight is 210 g/mol. The molecular formula is C10H8ClNO2. The molecule has 0 saturated heterocycles.